The largest absolute Gasteiger partial charge is 0.378 e. The Kier molecular flexibility index (Phi) is 8.12. The molecule has 0 spiro atoms. The van der Waals surface area contributed by atoms with Crippen molar-refractivity contribution in [1.29, 1.82) is 0 Å². The summed E-state index contributed by atoms with van der Waals surface area (Å²) in [5.74, 6) is 0. The first-order valence-electron chi connectivity index (χ1n) is 9.10. The molecule has 0 unspecified atom stereocenters. The van der Waals surface area contributed by atoms with Crippen LogP contribution >= 0.6 is 0 Å². The van der Waals surface area contributed by atoms with Crippen LogP contribution in [0.25, 0.3) is 0 Å². The molecule has 0 heterocycles. The third kappa shape index (κ3) is 5.86. The van der Waals surface area contributed by atoms with E-state index in [0.717, 1.165) is 25.8 Å². The van der Waals surface area contributed by atoms with E-state index in [1.54, 1.807) is 0 Å². The number of benzene rings is 2. The zero-order chi connectivity index (χ0) is 17.0. The summed E-state index contributed by atoms with van der Waals surface area (Å²) in [5.41, 5.74) is 9.54. The van der Waals surface area contributed by atoms with Crippen LogP contribution in [0.5, 0.6) is 0 Å². The molecule has 0 amide bonds. The third-order valence-corrected chi connectivity index (χ3v) is 4.20. The van der Waals surface area contributed by atoms with Crippen molar-refractivity contribution in [3.05, 3.63) is 83.6 Å². The molecule has 2 aromatic carbocycles. The monoisotopic (exact) mass is 322 g/mol. The molecule has 2 aromatic rings. The maximum Gasteiger partial charge on any atom is 0.0764 e. The Labute approximate surface area is 146 Å². The van der Waals surface area contributed by atoms with E-state index in [4.69, 9.17) is 5.73 Å². The highest BCUT2D eigenvalue weighted by molar-refractivity contribution is 5.32. The predicted octanol–water partition coefficient (Wildman–Crippen LogP) is 5.18. The normalized spacial score (nSPS) is 11.7. The van der Waals surface area contributed by atoms with E-state index in [1.165, 1.54) is 29.7 Å². The number of hydrogen-bond donors (Lipinski definition) is 2. The Morgan fingerprint density at radius 1 is 0.917 bits per heavy atom. The fourth-order valence-corrected chi connectivity index (χ4v) is 2.95. The van der Waals surface area contributed by atoms with Gasteiger partial charge in [0.05, 0.1) is 6.04 Å². The summed E-state index contributed by atoms with van der Waals surface area (Å²) in [4.78, 5) is 0. The highest BCUT2D eigenvalue weighted by atomic mass is 14.9. The van der Waals surface area contributed by atoms with E-state index in [9.17, 15) is 0 Å². The second-order valence-corrected chi connectivity index (χ2v) is 6.14. The Balaban J connectivity index is 2.15. The molecule has 0 aliphatic heterocycles. The van der Waals surface area contributed by atoms with Crippen LogP contribution in [0.2, 0.25) is 0 Å². The van der Waals surface area contributed by atoms with Gasteiger partial charge in [0.25, 0.3) is 0 Å². The Hall–Kier alpha value is -2.06. The summed E-state index contributed by atoms with van der Waals surface area (Å²) in [5, 5.41) is 3.79. The maximum atomic E-state index is 5.61. The zero-order valence-electron chi connectivity index (χ0n) is 14.7. The van der Waals surface area contributed by atoms with Gasteiger partial charge in [-0.3, -0.25) is 0 Å². The van der Waals surface area contributed by atoms with Crippen LogP contribution in [0.1, 0.15) is 56.2 Å². The summed E-state index contributed by atoms with van der Waals surface area (Å²) in [6, 6.07) is 21.6. The molecule has 0 aromatic heterocycles. The number of nitrogens with one attached hydrogen (secondary N) is 1. The number of nitrogens with two attached hydrogens (primary N) is 1. The second-order valence-electron chi connectivity index (χ2n) is 6.14. The van der Waals surface area contributed by atoms with Crippen molar-refractivity contribution >= 4 is 0 Å². The van der Waals surface area contributed by atoms with Crippen molar-refractivity contribution in [3.63, 3.8) is 0 Å². The fourth-order valence-electron chi connectivity index (χ4n) is 2.95. The van der Waals surface area contributed by atoms with Crippen molar-refractivity contribution in [2.45, 2.75) is 45.1 Å². The summed E-state index contributed by atoms with van der Waals surface area (Å²) >= 11 is 0. The van der Waals surface area contributed by atoms with Gasteiger partial charge in [0.2, 0.25) is 0 Å². The minimum Gasteiger partial charge on any atom is -0.378 e. The van der Waals surface area contributed by atoms with Gasteiger partial charge in [-0.25, -0.2) is 0 Å². The number of allylic oxidation sites excluding steroid dienone is 2. The lowest BCUT2D eigenvalue weighted by Crippen LogP contribution is -2.22. The van der Waals surface area contributed by atoms with Gasteiger partial charge in [-0.2, -0.15) is 0 Å². The molecule has 0 saturated heterocycles. The van der Waals surface area contributed by atoms with E-state index >= 15 is 0 Å². The molecule has 2 heteroatoms. The van der Waals surface area contributed by atoms with Crippen molar-refractivity contribution < 1.29 is 0 Å². The molecule has 0 fully saturated rings. The molecular weight excluding hydrogens is 292 g/mol. The second kappa shape index (κ2) is 10.7. The highest BCUT2D eigenvalue weighted by Crippen LogP contribution is 2.24. The molecule has 0 radical (unpaired) electrons. The molecule has 24 heavy (non-hydrogen) atoms. The molecule has 0 saturated carbocycles. The molecule has 0 bridgehead atoms. The minimum absolute atomic E-state index is 0.194. The van der Waals surface area contributed by atoms with E-state index in [2.05, 4.69) is 79.0 Å². The van der Waals surface area contributed by atoms with Crippen LogP contribution in [0.3, 0.4) is 0 Å². The number of rotatable bonds is 10. The molecule has 0 aliphatic carbocycles. The SMILES string of the molecule is CC/C=C(\CCCCCN)NC(c1ccccc1)c1ccccc1. The summed E-state index contributed by atoms with van der Waals surface area (Å²) in [7, 11) is 0. The lowest BCUT2D eigenvalue weighted by molar-refractivity contribution is 0.614. The van der Waals surface area contributed by atoms with E-state index in [1.807, 2.05) is 0 Å². The average molecular weight is 322 g/mol. The Morgan fingerprint density at radius 2 is 1.50 bits per heavy atom. The number of unbranched alkanes of at least 4 members (excludes halogenated alkanes) is 2. The van der Waals surface area contributed by atoms with Crippen LogP contribution < -0.4 is 11.1 Å². The smallest absolute Gasteiger partial charge is 0.0764 e. The topological polar surface area (TPSA) is 38.0 Å². The van der Waals surface area contributed by atoms with Gasteiger partial charge in [0, 0.05) is 5.70 Å². The Morgan fingerprint density at radius 3 is 2.00 bits per heavy atom. The van der Waals surface area contributed by atoms with Gasteiger partial charge in [0.1, 0.15) is 0 Å². The molecule has 2 nitrogen and oxygen atoms in total. The first-order valence-corrected chi connectivity index (χ1v) is 9.10. The summed E-state index contributed by atoms with van der Waals surface area (Å²) < 4.78 is 0. The Bertz CT molecular complexity index is 550. The van der Waals surface area contributed by atoms with Gasteiger partial charge in [-0.15, -0.1) is 0 Å². The van der Waals surface area contributed by atoms with Gasteiger partial charge in [0.15, 0.2) is 0 Å². The van der Waals surface area contributed by atoms with E-state index in [0.29, 0.717) is 0 Å². The minimum atomic E-state index is 0.194. The summed E-state index contributed by atoms with van der Waals surface area (Å²) in [6.07, 6.45) is 7.95. The third-order valence-electron chi connectivity index (χ3n) is 4.20. The molecular formula is C22H30N2. The van der Waals surface area contributed by atoms with Crippen LogP contribution in [0.15, 0.2) is 72.4 Å². The van der Waals surface area contributed by atoms with Crippen LogP contribution in [-0.2, 0) is 0 Å². The van der Waals surface area contributed by atoms with E-state index in [-0.39, 0.29) is 6.04 Å². The van der Waals surface area contributed by atoms with E-state index < -0.39 is 0 Å². The molecule has 3 N–H and O–H groups in total. The highest BCUT2D eigenvalue weighted by Gasteiger charge is 2.14. The fraction of sp³-hybridized carbons (Fsp3) is 0.364. The first-order chi connectivity index (χ1) is 11.8. The zero-order valence-corrected chi connectivity index (χ0v) is 14.7. The van der Waals surface area contributed by atoms with Gasteiger partial charge in [-0.05, 0) is 43.4 Å². The average Bonchev–Trinajstić information content (AvgIpc) is 2.64. The van der Waals surface area contributed by atoms with Crippen molar-refractivity contribution in [1.82, 2.24) is 5.32 Å². The molecule has 0 atom stereocenters. The predicted molar refractivity (Wildman–Crippen MR) is 104 cm³/mol. The van der Waals surface area contributed by atoms with Crippen LogP contribution in [0, 0.1) is 0 Å². The quantitative estimate of drug-likeness (QED) is 0.592. The summed E-state index contributed by atoms with van der Waals surface area (Å²) in [6.45, 7) is 2.98. The van der Waals surface area contributed by atoms with Crippen LogP contribution in [-0.4, -0.2) is 6.54 Å². The molecule has 0 aliphatic rings. The maximum absolute atomic E-state index is 5.61. The lowest BCUT2D eigenvalue weighted by Gasteiger charge is -2.23. The first kappa shape index (κ1) is 18.3. The molecule has 2 rings (SSSR count). The lowest BCUT2D eigenvalue weighted by atomic mass is 9.97. The van der Waals surface area contributed by atoms with Gasteiger partial charge in [-0.1, -0.05) is 80.1 Å². The van der Waals surface area contributed by atoms with Crippen molar-refractivity contribution in [2.75, 3.05) is 6.54 Å². The van der Waals surface area contributed by atoms with Crippen molar-refractivity contribution in [3.8, 4) is 0 Å². The standard InChI is InChI=1S/C22H30N2/c1-2-12-21(17-10-5-11-18-23)24-22(19-13-6-3-7-14-19)20-15-8-4-9-16-20/h3-4,6-9,12-16,22,24H,2,5,10-11,17-18,23H2,1H3/b21-12+. The number of hydrogen-bond acceptors (Lipinski definition) is 2. The van der Waals surface area contributed by atoms with Crippen molar-refractivity contribution in [2.24, 2.45) is 5.73 Å². The molecule has 128 valence electrons. The van der Waals surface area contributed by atoms with Gasteiger partial charge >= 0.3 is 0 Å². The van der Waals surface area contributed by atoms with Gasteiger partial charge < -0.3 is 11.1 Å². The van der Waals surface area contributed by atoms with Crippen LogP contribution in [0.4, 0.5) is 0 Å².